The van der Waals surface area contributed by atoms with Crippen LogP contribution in [0.25, 0.3) is 0 Å². The monoisotopic (exact) mass is 246 g/mol. The molecule has 0 saturated carbocycles. The van der Waals surface area contributed by atoms with Crippen LogP contribution in [0.2, 0.25) is 0 Å². The third-order valence-corrected chi connectivity index (χ3v) is 3.36. The zero-order valence-corrected chi connectivity index (χ0v) is 10.8. The second-order valence-electron chi connectivity index (χ2n) is 5.01. The Kier molecular flexibility index (Phi) is 3.83. The molecule has 2 rings (SSSR count). The fourth-order valence-electron chi connectivity index (χ4n) is 2.37. The summed E-state index contributed by atoms with van der Waals surface area (Å²) in [4.78, 5) is 27.4. The molecule has 1 saturated heterocycles. The predicted octanol–water partition coefficient (Wildman–Crippen LogP) is 0.503. The van der Waals surface area contributed by atoms with Crippen molar-refractivity contribution in [3.05, 3.63) is 12.2 Å². The minimum absolute atomic E-state index is 0.0477. The van der Waals surface area contributed by atoms with Crippen molar-refractivity contribution in [2.45, 2.75) is 12.8 Å². The maximum absolute atomic E-state index is 12.1. The number of hydrogen-bond acceptors (Lipinski definition) is 3. The minimum atomic E-state index is -0.141. The maximum atomic E-state index is 12.1. The van der Waals surface area contributed by atoms with Gasteiger partial charge in [0.15, 0.2) is 0 Å². The predicted molar refractivity (Wildman–Crippen MR) is 68.4 cm³/mol. The number of carbonyl (C=O) groups is 2. The highest BCUT2D eigenvalue weighted by atomic mass is 16.2. The van der Waals surface area contributed by atoms with Crippen LogP contribution in [0.4, 0.5) is 0 Å². The lowest BCUT2D eigenvalue weighted by Gasteiger charge is -2.14. The van der Waals surface area contributed by atoms with Crippen LogP contribution in [0.15, 0.2) is 12.2 Å². The molecule has 18 heavy (non-hydrogen) atoms. The zero-order valence-electron chi connectivity index (χ0n) is 10.8. The first-order valence-corrected chi connectivity index (χ1v) is 6.22. The van der Waals surface area contributed by atoms with Gasteiger partial charge in [0.2, 0.25) is 11.8 Å². The van der Waals surface area contributed by atoms with E-state index in [1.165, 1.54) is 4.90 Å². The van der Waals surface area contributed by atoms with E-state index in [9.17, 15) is 9.59 Å². The highest BCUT2D eigenvalue weighted by Crippen LogP contribution is 2.34. The lowest BCUT2D eigenvalue weighted by Crippen LogP contribution is -2.31. The first-order valence-electron chi connectivity index (χ1n) is 6.22. The summed E-state index contributed by atoms with van der Waals surface area (Å²) in [6.45, 7) is 0.878. The van der Waals surface area contributed by atoms with E-state index in [4.69, 9.17) is 0 Å². The Labute approximate surface area is 108 Å². The number of rotatable bonds is 2. The molecule has 2 aliphatic rings. The third kappa shape index (κ3) is 2.46. The van der Waals surface area contributed by atoms with Crippen molar-refractivity contribution in [3.63, 3.8) is 0 Å². The van der Waals surface area contributed by atoms with Crippen LogP contribution in [0, 0.1) is 23.7 Å². The molecule has 0 aromatic rings. The topological polar surface area (TPSA) is 40.6 Å². The van der Waals surface area contributed by atoms with E-state index in [2.05, 4.69) is 11.8 Å². The van der Waals surface area contributed by atoms with Gasteiger partial charge in [-0.3, -0.25) is 19.4 Å². The molecule has 96 valence electrons. The highest BCUT2D eigenvalue weighted by Gasteiger charge is 2.46. The van der Waals surface area contributed by atoms with Gasteiger partial charge in [0.1, 0.15) is 0 Å². The van der Waals surface area contributed by atoms with E-state index in [0.717, 1.165) is 0 Å². The van der Waals surface area contributed by atoms with Crippen molar-refractivity contribution in [2.24, 2.45) is 11.8 Å². The van der Waals surface area contributed by atoms with Gasteiger partial charge in [-0.05, 0) is 26.9 Å². The number of nitrogens with zero attached hydrogens (tertiary/aromatic N) is 2. The Balaban J connectivity index is 1.99. The lowest BCUT2D eigenvalue weighted by atomic mass is 9.85. The molecule has 4 heteroatoms. The quantitative estimate of drug-likeness (QED) is 0.405. The minimum Gasteiger partial charge on any atom is -0.299 e. The van der Waals surface area contributed by atoms with Crippen molar-refractivity contribution in [3.8, 4) is 11.8 Å². The van der Waals surface area contributed by atoms with Gasteiger partial charge in [0, 0.05) is 0 Å². The number of hydrogen-bond donors (Lipinski definition) is 0. The Morgan fingerprint density at radius 1 is 1.17 bits per heavy atom. The summed E-state index contributed by atoms with van der Waals surface area (Å²) in [5.41, 5.74) is 0. The summed E-state index contributed by atoms with van der Waals surface area (Å²) >= 11 is 0. The van der Waals surface area contributed by atoms with E-state index in [-0.39, 0.29) is 30.2 Å². The smallest absolute Gasteiger partial charge is 0.234 e. The molecule has 1 heterocycles. The Hall–Kier alpha value is -1.60. The van der Waals surface area contributed by atoms with Crippen LogP contribution in [0.5, 0.6) is 0 Å². The number of carbonyl (C=O) groups excluding carboxylic acids is 2. The Morgan fingerprint density at radius 2 is 1.72 bits per heavy atom. The van der Waals surface area contributed by atoms with Crippen LogP contribution in [0.1, 0.15) is 12.8 Å². The molecule has 0 aromatic heterocycles. The summed E-state index contributed by atoms with van der Waals surface area (Å²) in [5.74, 6) is 5.47. The number of fused-ring (bicyclic) bond motifs is 1. The van der Waals surface area contributed by atoms with Gasteiger partial charge in [-0.1, -0.05) is 24.0 Å². The Morgan fingerprint density at radius 3 is 2.22 bits per heavy atom. The SMILES string of the molecule is CN(C)CC#CCN1C(=O)[C@H]2CC=CC[C@@H]2C1=O. The highest BCUT2D eigenvalue weighted by molar-refractivity contribution is 6.05. The standard InChI is InChI=1S/C14H18N2O2/c1-15(2)9-5-6-10-16-13(17)11-7-3-4-8-12(11)14(16)18/h3-4,11-12H,7-10H2,1-2H3/t11-,12-/m0/s1. The molecule has 0 aromatic carbocycles. The van der Waals surface area contributed by atoms with E-state index in [1.54, 1.807) is 0 Å². The molecule has 2 amide bonds. The zero-order chi connectivity index (χ0) is 13.1. The van der Waals surface area contributed by atoms with E-state index in [0.29, 0.717) is 19.4 Å². The summed E-state index contributed by atoms with van der Waals surface area (Å²) in [6.07, 6.45) is 5.37. The number of allylic oxidation sites excluding steroid dienone is 2. The van der Waals surface area contributed by atoms with Crippen LogP contribution < -0.4 is 0 Å². The largest absolute Gasteiger partial charge is 0.299 e. The van der Waals surface area contributed by atoms with Gasteiger partial charge in [-0.25, -0.2) is 0 Å². The van der Waals surface area contributed by atoms with Crippen LogP contribution in [-0.4, -0.2) is 48.8 Å². The van der Waals surface area contributed by atoms with Gasteiger partial charge in [-0.15, -0.1) is 0 Å². The Bertz CT molecular complexity index is 416. The molecule has 0 radical (unpaired) electrons. The average Bonchev–Trinajstić information content (AvgIpc) is 2.59. The molecular formula is C14H18N2O2. The average molecular weight is 246 g/mol. The fourth-order valence-corrected chi connectivity index (χ4v) is 2.37. The molecule has 0 bridgehead atoms. The van der Waals surface area contributed by atoms with Crippen molar-refractivity contribution >= 4 is 11.8 Å². The number of amides is 2. The van der Waals surface area contributed by atoms with Gasteiger partial charge in [0.25, 0.3) is 0 Å². The molecule has 0 N–H and O–H groups in total. The molecule has 4 nitrogen and oxygen atoms in total. The number of likely N-dealkylation sites (tertiary alicyclic amines) is 1. The van der Waals surface area contributed by atoms with Crippen molar-refractivity contribution in [1.29, 1.82) is 0 Å². The molecule has 0 unspecified atom stereocenters. The van der Waals surface area contributed by atoms with E-state index >= 15 is 0 Å². The summed E-state index contributed by atoms with van der Waals surface area (Å²) in [5, 5.41) is 0. The molecule has 2 atom stereocenters. The second kappa shape index (κ2) is 5.36. The molecule has 1 aliphatic carbocycles. The fraction of sp³-hybridized carbons (Fsp3) is 0.571. The molecule has 1 fully saturated rings. The lowest BCUT2D eigenvalue weighted by molar-refractivity contribution is -0.139. The van der Waals surface area contributed by atoms with Crippen LogP contribution >= 0.6 is 0 Å². The van der Waals surface area contributed by atoms with Crippen molar-refractivity contribution in [1.82, 2.24) is 9.80 Å². The molecule has 1 aliphatic heterocycles. The summed E-state index contributed by atoms with van der Waals surface area (Å²) in [6, 6.07) is 0. The van der Waals surface area contributed by atoms with Crippen LogP contribution in [-0.2, 0) is 9.59 Å². The first-order chi connectivity index (χ1) is 8.61. The third-order valence-electron chi connectivity index (χ3n) is 3.36. The molecular weight excluding hydrogens is 228 g/mol. The van der Waals surface area contributed by atoms with E-state index < -0.39 is 0 Å². The summed E-state index contributed by atoms with van der Waals surface area (Å²) < 4.78 is 0. The van der Waals surface area contributed by atoms with Gasteiger partial charge in [0.05, 0.1) is 24.9 Å². The maximum Gasteiger partial charge on any atom is 0.234 e. The number of imide groups is 1. The first kappa shape index (κ1) is 12.8. The van der Waals surface area contributed by atoms with E-state index in [1.807, 2.05) is 31.1 Å². The second-order valence-corrected chi connectivity index (χ2v) is 5.01. The van der Waals surface area contributed by atoms with Crippen molar-refractivity contribution in [2.75, 3.05) is 27.2 Å². The molecule has 0 spiro atoms. The van der Waals surface area contributed by atoms with Gasteiger partial charge in [-0.2, -0.15) is 0 Å². The van der Waals surface area contributed by atoms with Crippen molar-refractivity contribution < 1.29 is 9.59 Å². The van der Waals surface area contributed by atoms with Crippen LogP contribution in [0.3, 0.4) is 0 Å². The van der Waals surface area contributed by atoms with Gasteiger partial charge < -0.3 is 0 Å². The van der Waals surface area contributed by atoms with Gasteiger partial charge >= 0.3 is 0 Å². The summed E-state index contributed by atoms with van der Waals surface area (Å²) in [7, 11) is 3.86. The normalized spacial score (nSPS) is 26.3.